The standard InChI is InChI=1S/C37H54FN2O15P/c38-28-17-13-25(14-18-28)31(42)11-5-1-2-6-12-32(43)39-21-7-3-4-9-29(41)23-26(35(47)48)15-19-33(44)40-30(37(51)52)10-8-22-55-56(53,54)24-27(36(49)50)16-20-34(45)46/h13-14,17-18,26-27,30H,1-12,15-16,19-24H2,(H,39,43)(H,40,44)(H,45,46)(H,47,48)(H,49,50)(H,51,52)(H,53,54)/t26-,27-,30+/m1/s1. The van der Waals surface area contributed by atoms with Crippen LogP contribution in [0, 0.1) is 17.7 Å². The average molecular weight is 817 g/mol. The van der Waals surface area contributed by atoms with Crippen LogP contribution in [0.3, 0.4) is 0 Å². The molecule has 0 saturated carbocycles. The number of amides is 2. The Labute approximate surface area is 324 Å². The molecule has 0 bridgehead atoms. The lowest BCUT2D eigenvalue weighted by atomic mass is 9.94. The summed E-state index contributed by atoms with van der Waals surface area (Å²) < 4.78 is 30.1. The number of unbranched alkanes of at least 4 members (excludes halogenated alkanes) is 5. The molecule has 2 amide bonds. The maximum absolute atomic E-state index is 13.0. The lowest BCUT2D eigenvalue weighted by molar-refractivity contribution is -0.145. The third kappa shape index (κ3) is 23.4. The van der Waals surface area contributed by atoms with E-state index in [9.17, 15) is 67.5 Å². The highest BCUT2D eigenvalue weighted by Gasteiger charge is 2.31. The van der Waals surface area contributed by atoms with Gasteiger partial charge < -0.3 is 40.5 Å². The Morgan fingerprint density at radius 2 is 1.25 bits per heavy atom. The summed E-state index contributed by atoms with van der Waals surface area (Å²) in [6.07, 6.45) is 2.31. The number of ketones is 2. The van der Waals surface area contributed by atoms with Crippen LogP contribution < -0.4 is 10.6 Å². The van der Waals surface area contributed by atoms with E-state index in [0.29, 0.717) is 57.1 Å². The zero-order valence-corrected chi connectivity index (χ0v) is 32.2. The van der Waals surface area contributed by atoms with Crippen LogP contribution in [0.15, 0.2) is 24.3 Å². The van der Waals surface area contributed by atoms with E-state index >= 15 is 0 Å². The number of rotatable bonds is 33. The lowest BCUT2D eigenvalue weighted by Gasteiger charge is -2.18. The maximum Gasteiger partial charge on any atom is 0.328 e. The van der Waals surface area contributed by atoms with Crippen LogP contribution in [0.2, 0.25) is 0 Å². The summed E-state index contributed by atoms with van der Waals surface area (Å²) in [6.45, 7) is -0.0479. The molecule has 1 aromatic carbocycles. The van der Waals surface area contributed by atoms with Gasteiger partial charge in [-0.1, -0.05) is 19.3 Å². The first-order valence-electron chi connectivity index (χ1n) is 18.6. The third-order valence-corrected chi connectivity index (χ3v) is 10.3. The molecule has 1 aromatic rings. The second-order valence-electron chi connectivity index (χ2n) is 13.5. The van der Waals surface area contributed by atoms with Gasteiger partial charge in [-0.15, -0.1) is 0 Å². The number of hydrogen-bond acceptors (Lipinski definition) is 10. The van der Waals surface area contributed by atoms with Gasteiger partial charge in [0.2, 0.25) is 11.8 Å². The molecule has 0 aliphatic carbocycles. The fourth-order valence-electron chi connectivity index (χ4n) is 5.58. The molecule has 0 aromatic heterocycles. The number of nitrogens with one attached hydrogen (secondary N) is 2. The summed E-state index contributed by atoms with van der Waals surface area (Å²) in [6, 6.07) is 3.96. The number of carbonyl (C=O) groups excluding carboxylic acids is 4. The number of carboxylic acid groups (broad SMARTS) is 4. The zero-order valence-electron chi connectivity index (χ0n) is 31.3. The van der Waals surface area contributed by atoms with E-state index in [1.165, 1.54) is 24.3 Å². The molecular formula is C37H54FN2O15P. The molecule has 314 valence electrons. The van der Waals surface area contributed by atoms with E-state index < -0.39 is 86.7 Å². The number of carbonyl (C=O) groups is 8. The van der Waals surface area contributed by atoms with Crippen molar-refractivity contribution in [3.05, 3.63) is 35.6 Å². The molecule has 56 heavy (non-hydrogen) atoms. The Morgan fingerprint density at radius 1 is 0.661 bits per heavy atom. The Balaban J connectivity index is 2.26. The summed E-state index contributed by atoms with van der Waals surface area (Å²) in [5.41, 5.74) is 0.473. The highest BCUT2D eigenvalue weighted by Crippen LogP contribution is 2.44. The van der Waals surface area contributed by atoms with Crippen molar-refractivity contribution < 1.29 is 77.2 Å². The van der Waals surface area contributed by atoms with E-state index in [4.69, 9.17) is 9.63 Å². The minimum absolute atomic E-state index is 0.0490. The molecule has 1 unspecified atom stereocenters. The fraction of sp³-hybridized carbons (Fsp3) is 0.622. The monoisotopic (exact) mass is 816 g/mol. The van der Waals surface area contributed by atoms with Crippen molar-refractivity contribution in [1.82, 2.24) is 10.6 Å². The first-order valence-corrected chi connectivity index (χ1v) is 20.4. The van der Waals surface area contributed by atoms with Crippen LogP contribution in [0.5, 0.6) is 0 Å². The van der Waals surface area contributed by atoms with E-state index in [-0.39, 0.29) is 56.0 Å². The minimum atomic E-state index is -4.47. The topological polar surface area (TPSA) is 288 Å². The van der Waals surface area contributed by atoms with Crippen LogP contribution in [0.25, 0.3) is 0 Å². The first kappa shape index (κ1) is 49.5. The number of Topliss-reactive ketones (excluding diaryl/α,β-unsaturated/α-hetero) is 2. The minimum Gasteiger partial charge on any atom is -0.481 e. The normalized spacial score (nSPS) is 13.8. The number of halogens is 1. The van der Waals surface area contributed by atoms with Gasteiger partial charge >= 0.3 is 31.5 Å². The smallest absolute Gasteiger partial charge is 0.328 e. The van der Waals surface area contributed by atoms with Crippen LogP contribution in [-0.4, -0.2) is 97.9 Å². The molecule has 1 rings (SSSR count). The fourth-order valence-corrected chi connectivity index (χ4v) is 7.00. The second-order valence-corrected chi connectivity index (χ2v) is 15.4. The van der Waals surface area contributed by atoms with Crippen LogP contribution in [-0.2, 0) is 42.7 Å². The summed E-state index contributed by atoms with van der Waals surface area (Å²) in [5.74, 6) is -9.76. The quantitative estimate of drug-likeness (QED) is 0.0290. The molecule has 0 heterocycles. The van der Waals surface area contributed by atoms with Crippen molar-refractivity contribution in [3.8, 4) is 0 Å². The van der Waals surface area contributed by atoms with E-state index in [1.807, 2.05) is 0 Å². The Morgan fingerprint density at radius 3 is 1.86 bits per heavy atom. The maximum atomic E-state index is 13.0. The van der Waals surface area contributed by atoms with Gasteiger partial charge in [-0.2, -0.15) is 0 Å². The van der Waals surface area contributed by atoms with Gasteiger partial charge in [-0.05, 0) is 75.6 Å². The van der Waals surface area contributed by atoms with Gasteiger partial charge in [0.1, 0.15) is 17.6 Å². The van der Waals surface area contributed by atoms with Gasteiger partial charge in [0.15, 0.2) is 5.78 Å². The van der Waals surface area contributed by atoms with Gasteiger partial charge in [-0.3, -0.25) is 38.1 Å². The van der Waals surface area contributed by atoms with Crippen molar-refractivity contribution in [2.24, 2.45) is 11.8 Å². The van der Waals surface area contributed by atoms with Crippen molar-refractivity contribution in [1.29, 1.82) is 0 Å². The molecule has 19 heteroatoms. The van der Waals surface area contributed by atoms with Crippen molar-refractivity contribution >= 4 is 54.9 Å². The molecule has 0 spiro atoms. The molecule has 0 fully saturated rings. The van der Waals surface area contributed by atoms with Gasteiger partial charge in [0.05, 0.1) is 24.6 Å². The molecule has 0 radical (unpaired) electrons. The first-order chi connectivity index (χ1) is 26.4. The number of benzene rings is 1. The molecule has 4 atom stereocenters. The largest absolute Gasteiger partial charge is 0.481 e. The SMILES string of the molecule is O=C(O)CC[C@H](CP(=O)(O)OCCC[C@H](NC(=O)CC[C@H](CC(=O)CCCCCNC(=O)CCCCCCC(=O)c1ccc(F)cc1)C(=O)O)C(=O)O)C(=O)O. The molecule has 0 aliphatic rings. The van der Waals surface area contributed by atoms with E-state index in [1.54, 1.807) is 0 Å². The summed E-state index contributed by atoms with van der Waals surface area (Å²) >= 11 is 0. The van der Waals surface area contributed by atoms with E-state index in [2.05, 4.69) is 10.6 Å². The van der Waals surface area contributed by atoms with Gasteiger partial charge in [-0.25, -0.2) is 9.18 Å². The summed E-state index contributed by atoms with van der Waals surface area (Å²) in [4.78, 5) is 104. The Bertz CT molecular complexity index is 1520. The predicted molar refractivity (Wildman–Crippen MR) is 197 cm³/mol. The van der Waals surface area contributed by atoms with Crippen molar-refractivity contribution in [3.63, 3.8) is 0 Å². The Kier molecular flexibility index (Phi) is 24.0. The molecule has 17 nitrogen and oxygen atoms in total. The van der Waals surface area contributed by atoms with E-state index in [0.717, 1.165) is 12.8 Å². The Hall–Kier alpha value is -4.54. The number of hydrogen-bond donors (Lipinski definition) is 7. The summed E-state index contributed by atoms with van der Waals surface area (Å²) in [5, 5.41) is 42.0. The predicted octanol–water partition coefficient (Wildman–Crippen LogP) is 4.58. The van der Waals surface area contributed by atoms with Crippen LogP contribution in [0.1, 0.15) is 120 Å². The second kappa shape index (κ2) is 27.1. The van der Waals surface area contributed by atoms with Crippen LogP contribution in [0.4, 0.5) is 4.39 Å². The number of carboxylic acids is 4. The molecule has 7 N–H and O–H groups in total. The highest BCUT2D eigenvalue weighted by molar-refractivity contribution is 7.52. The van der Waals surface area contributed by atoms with Crippen molar-refractivity contribution in [2.45, 2.75) is 115 Å². The molecule has 0 aliphatic heterocycles. The van der Waals surface area contributed by atoms with Crippen LogP contribution >= 0.6 is 7.60 Å². The highest BCUT2D eigenvalue weighted by atomic mass is 31.2. The third-order valence-electron chi connectivity index (χ3n) is 8.79. The van der Waals surface area contributed by atoms with Crippen molar-refractivity contribution in [2.75, 3.05) is 19.3 Å². The molecule has 0 saturated heterocycles. The van der Waals surface area contributed by atoms with Gasteiger partial charge in [0, 0.05) is 50.6 Å². The molecular weight excluding hydrogens is 762 g/mol. The number of aliphatic carboxylic acids is 4. The van der Waals surface area contributed by atoms with Gasteiger partial charge in [0.25, 0.3) is 0 Å². The average Bonchev–Trinajstić information content (AvgIpc) is 3.12. The summed E-state index contributed by atoms with van der Waals surface area (Å²) in [7, 11) is -4.47. The lowest BCUT2D eigenvalue weighted by Crippen LogP contribution is -2.41. The zero-order chi connectivity index (χ0) is 42.1.